The Balaban J connectivity index is 2.11. The third-order valence-electron chi connectivity index (χ3n) is 4.18. The van der Waals surface area contributed by atoms with E-state index in [2.05, 4.69) is 21.2 Å². The molecule has 0 aromatic heterocycles. The Labute approximate surface area is 173 Å². The van der Waals surface area contributed by atoms with Crippen LogP contribution in [0.2, 0.25) is 0 Å². The van der Waals surface area contributed by atoms with Crippen LogP contribution in [-0.4, -0.2) is 24.2 Å². The van der Waals surface area contributed by atoms with E-state index in [9.17, 15) is 14.3 Å². The molecule has 2 N–H and O–H groups in total. The molecule has 0 fully saturated rings. The number of halogens is 2. The van der Waals surface area contributed by atoms with E-state index in [1.165, 1.54) is 13.2 Å². The second kappa shape index (κ2) is 10.4. The van der Waals surface area contributed by atoms with Gasteiger partial charge in [-0.15, -0.1) is 0 Å². The van der Waals surface area contributed by atoms with Crippen molar-refractivity contribution in [3.8, 4) is 11.5 Å². The summed E-state index contributed by atoms with van der Waals surface area (Å²) in [5.41, 5.74) is 1.29. The summed E-state index contributed by atoms with van der Waals surface area (Å²) in [5.74, 6) is 0.0154. The summed E-state index contributed by atoms with van der Waals surface area (Å²) < 4.78 is 25.6. The molecule has 0 amide bonds. The van der Waals surface area contributed by atoms with Gasteiger partial charge in [0, 0.05) is 12.1 Å². The predicted molar refractivity (Wildman–Crippen MR) is 109 cm³/mol. The molecule has 2 aromatic carbocycles. The van der Waals surface area contributed by atoms with Gasteiger partial charge in [0.2, 0.25) is 0 Å². The van der Waals surface area contributed by atoms with Crippen molar-refractivity contribution in [3.05, 3.63) is 57.8 Å². The van der Waals surface area contributed by atoms with Crippen LogP contribution in [0.1, 0.15) is 31.4 Å². The highest BCUT2D eigenvalue weighted by atomic mass is 79.9. The molecule has 2 rings (SSSR count). The van der Waals surface area contributed by atoms with Gasteiger partial charge in [0.15, 0.2) is 11.5 Å². The van der Waals surface area contributed by atoms with Gasteiger partial charge >= 0.3 is 5.97 Å². The zero-order valence-corrected chi connectivity index (χ0v) is 17.8. The SMILES string of the molecule is COc1cc(CNC(CC(C)C)C(=O)O)cc(Br)c1OCc1ccccc1F. The zero-order chi connectivity index (χ0) is 20.7. The summed E-state index contributed by atoms with van der Waals surface area (Å²) in [5, 5.41) is 12.4. The molecule has 0 radical (unpaired) electrons. The van der Waals surface area contributed by atoms with Crippen molar-refractivity contribution in [2.24, 2.45) is 5.92 Å². The molecule has 0 bridgehead atoms. The van der Waals surface area contributed by atoms with Gasteiger partial charge in [-0.05, 0) is 52.0 Å². The molecule has 1 atom stereocenters. The minimum absolute atomic E-state index is 0.0642. The van der Waals surface area contributed by atoms with Gasteiger partial charge in [-0.3, -0.25) is 4.79 Å². The van der Waals surface area contributed by atoms with E-state index in [-0.39, 0.29) is 18.3 Å². The second-order valence-electron chi connectivity index (χ2n) is 6.89. The van der Waals surface area contributed by atoms with Gasteiger partial charge in [-0.25, -0.2) is 4.39 Å². The number of ether oxygens (including phenoxy) is 2. The van der Waals surface area contributed by atoms with E-state index in [0.29, 0.717) is 34.5 Å². The Morgan fingerprint density at radius 1 is 1.29 bits per heavy atom. The Hall–Kier alpha value is -2.12. The van der Waals surface area contributed by atoms with Crippen LogP contribution in [0.15, 0.2) is 40.9 Å². The van der Waals surface area contributed by atoms with Crippen molar-refractivity contribution in [2.75, 3.05) is 7.11 Å². The number of carboxylic acids is 1. The van der Waals surface area contributed by atoms with Crippen LogP contribution in [0.4, 0.5) is 4.39 Å². The quantitative estimate of drug-likeness (QED) is 0.542. The Bertz CT molecular complexity index is 813. The number of methoxy groups -OCH3 is 1. The topological polar surface area (TPSA) is 67.8 Å². The number of nitrogens with one attached hydrogen (secondary N) is 1. The number of aliphatic carboxylic acids is 1. The van der Waals surface area contributed by atoms with E-state index in [1.54, 1.807) is 24.3 Å². The van der Waals surface area contributed by atoms with Crippen molar-refractivity contribution in [3.63, 3.8) is 0 Å². The number of hydrogen-bond acceptors (Lipinski definition) is 4. The average molecular weight is 454 g/mol. The summed E-state index contributed by atoms with van der Waals surface area (Å²) in [6.45, 7) is 4.40. The van der Waals surface area contributed by atoms with Crippen LogP contribution < -0.4 is 14.8 Å². The normalized spacial score (nSPS) is 12.1. The van der Waals surface area contributed by atoms with Crippen molar-refractivity contribution in [1.82, 2.24) is 5.32 Å². The molecular formula is C21H25BrFNO4. The first-order chi connectivity index (χ1) is 13.3. The minimum Gasteiger partial charge on any atom is -0.493 e. The Morgan fingerprint density at radius 2 is 2.00 bits per heavy atom. The molecule has 0 spiro atoms. The number of hydrogen-bond donors (Lipinski definition) is 2. The highest BCUT2D eigenvalue weighted by molar-refractivity contribution is 9.10. The molecule has 28 heavy (non-hydrogen) atoms. The number of carbonyl (C=O) groups is 1. The van der Waals surface area contributed by atoms with Gasteiger partial charge in [0.05, 0.1) is 11.6 Å². The largest absolute Gasteiger partial charge is 0.493 e. The summed E-state index contributed by atoms with van der Waals surface area (Å²) in [6, 6.07) is 9.41. The molecule has 0 heterocycles. The van der Waals surface area contributed by atoms with E-state index in [1.807, 2.05) is 19.9 Å². The van der Waals surface area contributed by atoms with E-state index < -0.39 is 12.0 Å². The first kappa shape index (κ1) is 22.2. The van der Waals surface area contributed by atoms with Crippen LogP contribution in [-0.2, 0) is 17.9 Å². The van der Waals surface area contributed by atoms with Crippen molar-refractivity contribution in [1.29, 1.82) is 0 Å². The molecule has 7 heteroatoms. The Kier molecular flexibility index (Phi) is 8.26. The summed E-state index contributed by atoms with van der Waals surface area (Å²) in [7, 11) is 1.52. The Morgan fingerprint density at radius 3 is 2.61 bits per heavy atom. The lowest BCUT2D eigenvalue weighted by atomic mass is 10.0. The molecule has 1 unspecified atom stereocenters. The van der Waals surface area contributed by atoms with E-state index in [0.717, 1.165) is 5.56 Å². The van der Waals surface area contributed by atoms with Gasteiger partial charge < -0.3 is 19.9 Å². The van der Waals surface area contributed by atoms with Crippen molar-refractivity contribution < 1.29 is 23.8 Å². The molecule has 0 aliphatic carbocycles. The number of rotatable bonds is 10. The van der Waals surface area contributed by atoms with Crippen LogP contribution in [0.5, 0.6) is 11.5 Å². The molecule has 152 valence electrons. The fourth-order valence-electron chi connectivity index (χ4n) is 2.76. The fraction of sp³-hybridized carbons (Fsp3) is 0.381. The first-order valence-electron chi connectivity index (χ1n) is 9.00. The third-order valence-corrected chi connectivity index (χ3v) is 4.77. The standard InChI is InChI=1S/C21H25BrFNO4/c1-13(2)8-18(21(25)26)24-11-14-9-16(22)20(19(10-14)27-3)28-12-15-6-4-5-7-17(15)23/h4-7,9-10,13,18,24H,8,11-12H2,1-3H3,(H,25,26). The van der Waals surface area contributed by atoms with Gasteiger partial charge in [-0.2, -0.15) is 0 Å². The maximum atomic E-state index is 13.8. The van der Waals surface area contributed by atoms with Gasteiger partial charge in [0.25, 0.3) is 0 Å². The van der Waals surface area contributed by atoms with Crippen LogP contribution >= 0.6 is 15.9 Å². The van der Waals surface area contributed by atoms with Crippen molar-refractivity contribution in [2.45, 2.75) is 39.5 Å². The molecule has 2 aromatic rings. The highest BCUT2D eigenvalue weighted by Gasteiger charge is 2.19. The van der Waals surface area contributed by atoms with Crippen LogP contribution in [0.3, 0.4) is 0 Å². The smallest absolute Gasteiger partial charge is 0.320 e. The summed E-state index contributed by atoms with van der Waals surface area (Å²) in [6.07, 6.45) is 0.539. The van der Waals surface area contributed by atoms with E-state index in [4.69, 9.17) is 9.47 Å². The van der Waals surface area contributed by atoms with Gasteiger partial charge in [0.1, 0.15) is 18.5 Å². The number of benzene rings is 2. The summed E-state index contributed by atoms with van der Waals surface area (Å²) in [4.78, 5) is 11.4. The second-order valence-corrected chi connectivity index (χ2v) is 7.74. The average Bonchev–Trinajstić information content (AvgIpc) is 2.64. The lowest BCUT2D eigenvalue weighted by Gasteiger charge is -2.18. The highest BCUT2D eigenvalue weighted by Crippen LogP contribution is 2.37. The lowest BCUT2D eigenvalue weighted by molar-refractivity contribution is -0.140. The zero-order valence-electron chi connectivity index (χ0n) is 16.2. The number of carboxylic acid groups (broad SMARTS) is 1. The molecule has 0 saturated heterocycles. The monoisotopic (exact) mass is 453 g/mol. The van der Waals surface area contributed by atoms with Crippen molar-refractivity contribution >= 4 is 21.9 Å². The summed E-state index contributed by atoms with van der Waals surface area (Å²) >= 11 is 3.46. The first-order valence-corrected chi connectivity index (χ1v) is 9.80. The molecule has 0 saturated carbocycles. The maximum absolute atomic E-state index is 13.8. The molecule has 0 aliphatic rings. The third kappa shape index (κ3) is 6.21. The van der Waals surface area contributed by atoms with Gasteiger partial charge in [-0.1, -0.05) is 32.0 Å². The van der Waals surface area contributed by atoms with Crippen LogP contribution in [0.25, 0.3) is 0 Å². The minimum atomic E-state index is -0.871. The fourth-order valence-corrected chi connectivity index (χ4v) is 3.37. The predicted octanol–water partition coefficient (Wildman–Crippen LogP) is 4.76. The maximum Gasteiger partial charge on any atom is 0.320 e. The lowest BCUT2D eigenvalue weighted by Crippen LogP contribution is -2.37. The van der Waals surface area contributed by atoms with Crippen LogP contribution in [0, 0.1) is 11.7 Å². The van der Waals surface area contributed by atoms with E-state index >= 15 is 0 Å². The molecular weight excluding hydrogens is 429 g/mol. The molecule has 0 aliphatic heterocycles. The molecule has 5 nitrogen and oxygen atoms in total.